The van der Waals surface area contributed by atoms with Crippen LogP contribution in [0.15, 0.2) is 32.1 Å². The standard InChI is InChI=1S/C13H13BrClN7O4/c1-23-8-6(15)5(26-20-12(25-3)9(8)24-2)4-22-11-7(19-21-22)10(14)17-13(16)18-11/h4H2,1-3H3,(H2,16,17,18). The predicted molar refractivity (Wildman–Crippen MR) is 94.7 cm³/mol. The van der Waals surface area contributed by atoms with Gasteiger partial charge in [-0.3, -0.25) is 0 Å². The maximum absolute atomic E-state index is 6.41. The molecule has 0 atom stereocenters. The zero-order valence-corrected chi connectivity index (χ0v) is 16.2. The molecular formula is C13H13BrClN7O4. The van der Waals surface area contributed by atoms with Crippen molar-refractivity contribution >= 4 is 50.5 Å². The fraction of sp³-hybridized carbons (Fsp3) is 0.308. The van der Waals surface area contributed by atoms with E-state index in [9.17, 15) is 0 Å². The molecule has 11 nitrogen and oxygen atoms in total. The number of methoxy groups -OCH3 is 3. The Bertz CT molecular complexity index is 955. The average Bonchev–Trinajstić information content (AvgIpc) is 2.96. The van der Waals surface area contributed by atoms with Crippen molar-refractivity contribution in [2.45, 2.75) is 6.54 Å². The van der Waals surface area contributed by atoms with E-state index in [1.807, 2.05) is 0 Å². The Kier molecular flexibility index (Phi) is 5.13. The van der Waals surface area contributed by atoms with Crippen LogP contribution in [0.3, 0.4) is 0 Å². The van der Waals surface area contributed by atoms with E-state index in [2.05, 4.69) is 41.4 Å². The highest BCUT2D eigenvalue weighted by Crippen LogP contribution is 2.30. The molecule has 0 aromatic carbocycles. The molecule has 0 saturated carbocycles. The lowest BCUT2D eigenvalue weighted by Gasteiger charge is -2.11. The van der Waals surface area contributed by atoms with E-state index in [1.54, 1.807) is 0 Å². The summed E-state index contributed by atoms with van der Waals surface area (Å²) in [5, 5.41) is 12.0. The lowest BCUT2D eigenvalue weighted by atomic mass is 10.3. The van der Waals surface area contributed by atoms with Crippen molar-refractivity contribution in [1.29, 1.82) is 0 Å². The fourth-order valence-electron chi connectivity index (χ4n) is 2.17. The van der Waals surface area contributed by atoms with Crippen LogP contribution in [0.5, 0.6) is 0 Å². The van der Waals surface area contributed by atoms with Crippen LogP contribution in [-0.4, -0.2) is 52.2 Å². The SMILES string of the molecule is COC1=NOC(Cn2nnc3c(Br)nc(N)nc32)=C(Cl)C(OC)=C1OC. The number of nitrogens with two attached hydrogens (primary N) is 1. The van der Waals surface area contributed by atoms with Gasteiger partial charge in [0.1, 0.15) is 16.2 Å². The number of aromatic nitrogens is 5. The van der Waals surface area contributed by atoms with Crippen molar-refractivity contribution in [3.05, 3.63) is 26.9 Å². The van der Waals surface area contributed by atoms with Crippen molar-refractivity contribution in [2.24, 2.45) is 5.16 Å². The molecular weight excluding hydrogens is 434 g/mol. The third-order valence-electron chi connectivity index (χ3n) is 3.32. The highest BCUT2D eigenvalue weighted by molar-refractivity contribution is 9.10. The summed E-state index contributed by atoms with van der Waals surface area (Å²) in [6.07, 6.45) is 0. The van der Waals surface area contributed by atoms with E-state index in [1.165, 1.54) is 26.0 Å². The number of rotatable bonds is 4. The van der Waals surface area contributed by atoms with Crippen LogP contribution in [-0.2, 0) is 25.6 Å². The van der Waals surface area contributed by atoms with Gasteiger partial charge in [0.2, 0.25) is 11.7 Å². The number of fused-ring (bicyclic) bond motifs is 1. The molecule has 1 aliphatic rings. The van der Waals surface area contributed by atoms with Gasteiger partial charge in [-0.2, -0.15) is 4.98 Å². The van der Waals surface area contributed by atoms with Gasteiger partial charge >= 0.3 is 0 Å². The van der Waals surface area contributed by atoms with Gasteiger partial charge in [-0.05, 0) is 21.1 Å². The highest BCUT2D eigenvalue weighted by Gasteiger charge is 2.27. The Hall–Kier alpha value is -2.60. The van der Waals surface area contributed by atoms with Crippen molar-refractivity contribution < 1.29 is 19.0 Å². The Morgan fingerprint density at radius 3 is 2.54 bits per heavy atom. The normalized spacial score (nSPS) is 14.9. The number of anilines is 1. The van der Waals surface area contributed by atoms with Crippen LogP contribution in [0.25, 0.3) is 11.2 Å². The third kappa shape index (κ3) is 3.12. The summed E-state index contributed by atoms with van der Waals surface area (Å²) < 4.78 is 17.6. The van der Waals surface area contributed by atoms with Crippen LogP contribution < -0.4 is 5.73 Å². The highest BCUT2D eigenvalue weighted by atomic mass is 79.9. The molecule has 2 aromatic rings. The minimum Gasteiger partial charge on any atom is -0.491 e. The molecule has 26 heavy (non-hydrogen) atoms. The Morgan fingerprint density at radius 2 is 1.88 bits per heavy atom. The molecule has 0 saturated heterocycles. The molecule has 0 radical (unpaired) electrons. The molecule has 2 N–H and O–H groups in total. The topological polar surface area (TPSA) is 132 Å². The molecule has 0 amide bonds. The maximum atomic E-state index is 6.41. The van der Waals surface area contributed by atoms with Crippen LogP contribution in [0, 0.1) is 0 Å². The number of nitrogens with zero attached hydrogens (tertiary/aromatic N) is 6. The van der Waals surface area contributed by atoms with Gasteiger partial charge < -0.3 is 24.8 Å². The van der Waals surface area contributed by atoms with E-state index < -0.39 is 0 Å². The van der Waals surface area contributed by atoms with Gasteiger partial charge in [-0.15, -0.1) is 5.10 Å². The fourth-order valence-corrected chi connectivity index (χ4v) is 2.87. The van der Waals surface area contributed by atoms with Gasteiger partial charge in [-0.1, -0.05) is 16.8 Å². The largest absolute Gasteiger partial charge is 0.491 e. The van der Waals surface area contributed by atoms with Crippen molar-refractivity contribution in [3.63, 3.8) is 0 Å². The molecule has 138 valence electrons. The number of hydrogen-bond acceptors (Lipinski definition) is 10. The zero-order valence-electron chi connectivity index (χ0n) is 13.9. The summed E-state index contributed by atoms with van der Waals surface area (Å²) in [5.41, 5.74) is 6.51. The Labute approximate surface area is 160 Å². The smallest absolute Gasteiger partial charge is 0.297 e. The second-order valence-corrected chi connectivity index (χ2v) is 5.92. The van der Waals surface area contributed by atoms with Crippen LogP contribution in [0.4, 0.5) is 5.95 Å². The Morgan fingerprint density at radius 1 is 1.15 bits per heavy atom. The van der Waals surface area contributed by atoms with Crippen molar-refractivity contribution in [2.75, 3.05) is 27.1 Å². The first kappa shape index (κ1) is 18.2. The van der Waals surface area contributed by atoms with Gasteiger partial charge in [0, 0.05) is 0 Å². The molecule has 1 aliphatic heterocycles. The first-order valence-corrected chi connectivity index (χ1v) is 8.20. The summed E-state index contributed by atoms with van der Waals surface area (Å²) in [7, 11) is 4.28. The lowest BCUT2D eigenvalue weighted by Crippen LogP contribution is -2.10. The van der Waals surface area contributed by atoms with Crippen LogP contribution in [0.1, 0.15) is 0 Å². The van der Waals surface area contributed by atoms with E-state index >= 15 is 0 Å². The molecule has 0 unspecified atom stereocenters. The number of hydrogen-bond donors (Lipinski definition) is 1. The number of nitrogen functional groups attached to an aromatic ring is 1. The van der Waals surface area contributed by atoms with Gasteiger partial charge in [0.15, 0.2) is 22.7 Å². The van der Waals surface area contributed by atoms with Gasteiger partial charge in [0.25, 0.3) is 5.90 Å². The van der Waals surface area contributed by atoms with Crippen LogP contribution >= 0.6 is 27.5 Å². The molecule has 3 heterocycles. The predicted octanol–water partition coefficient (Wildman–Crippen LogP) is 1.51. The molecule has 0 bridgehead atoms. The molecule has 3 rings (SSSR count). The van der Waals surface area contributed by atoms with Gasteiger partial charge in [-0.25, -0.2) is 9.67 Å². The average molecular weight is 447 g/mol. The van der Waals surface area contributed by atoms with Crippen molar-refractivity contribution in [1.82, 2.24) is 25.0 Å². The second-order valence-electron chi connectivity index (χ2n) is 4.79. The lowest BCUT2D eigenvalue weighted by molar-refractivity contribution is 0.191. The second kappa shape index (κ2) is 7.33. The first-order valence-electron chi connectivity index (χ1n) is 7.03. The quantitative estimate of drug-likeness (QED) is 0.694. The number of allylic oxidation sites excluding steroid dienone is 2. The third-order valence-corrected chi connectivity index (χ3v) is 4.25. The van der Waals surface area contributed by atoms with Gasteiger partial charge in [0.05, 0.1) is 21.3 Å². The van der Waals surface area contributed by atoms with E-state index in [0.717, 1.165) is 0 Å². The van der Waals surface area contributed by atoms with E-state index in [4.69, 9.17) is 36.4 Å². The Balaban J connectivity index is 2.07. The van der Waals surface area contributed by atoms with Crippen molar-refractivity contribution in [3.8, 4) is 0 Å². The molecule has 0 spiro atoms. The monoisotopic (exact) mass is 445 g/mol. The minimum absolute atomic E-state index is 0.0442. The summed E-state index contributed by atoms with van der Waals surface area (Å²) in [6, 6.07) is 0. The molecule has 2 aromatic heterocycles. The summed E-state index contributed by atoms with van der Waals surface area (Å²) in [4.78, 5) is 13.5. The summed E-state index contributed by atoms with van der Waals surface area (Å²) >= 11 is 9.68. The molecule has 0 fully saturated rings. The maximum Gasteiger partial charge on any atom is 0.297 e. The van der Waals surface area contributed by atoms with E-state index in [0.29, 0.717) is 15.8 Å². The summed E-state index contributed by atoms with van der Waals surface area (Å²) in [6.45, 7) is 0.0442. The number of oxime groups is 1. The first-order chi connectivity index (χ1) is 12.5. The minimum atomic E-state index is 0.0442. The van der Waals surface area contributed by atoms with Crippen LogP contribution in [0.2, 0.25) is 0 Å². The molecule has 0 aliphatic carbocycles. The number of halogens is 2. The summed E-state index contributed by atoms with van der Waals surface area (Å²) in [5.74, 6) is 0.726. The van der Waals surface area contributed by atoms with E-state index in [-0.39, 0.29) is 40.7 Å². The molecule has 13 heteroatoms. The number of ether oxygens (including phenoxy) is 3. The zero-order chi connectivity index (χ0) is 18.8.